The highest BCUT2D eigenvalue weighted by Crippen LogP contribution is 2.27. The lowest BCUT2D eigenvalue weighted by atomic mass is 9.96. The number of nitrogens with one attached hydrogen (secondary N) is 1. The van der Waals surface area contributed by atoms with Crippen LogP contribution in [0.3, 0.4) is 0 Å². The number of aromatic nitrogens is 2. The van der Waals surface area contributed by atoms with Gasteiger partial charge in [-0.2, -0.15) is 5.10 Å². The smallest absolute Gasteiger partial charge is 0.338 e. The molecule has 1 N–H and O–H groups in total. The van der Waals surface area contributed by atoms with Gasteiger partial charge < -0.3 is 4.74 Å². The number of H-pyrrole nitrogens is 1. The second kappa shape index (κ2) is 6.71. The summed E-state index contributed by atoms with van der Waals surface area (Å²) in [5.74, 6) is -2.73. The van der Waals surface area contributed by atoms with Crippen molar-refractivity contribution in [3.63, 3.8) is 0 Å². The molecule has 3 aromatic rings. The lowest BCUT2D eigenvalue weighted by Crippen LogP contribution is -2.15. The van der Waals surface area contributed by atoms with Crippen molar-refractivity contribution in [1.82, 2.24) is 10.2 Å². The normalized spacial score (nSPS) is 10.7. The first-order chi connectivity index (χ1) is 12.4. The second-order valence-electron chi connectivity index (χ2n) is 5.49. The van der Waals surface area contributed by atoms with Gasteiger partial charge in [-0.1, -0.05) is 12.1 Å². The van der Waals surface area contributed by atoms with Gasteiger partial charge in [-0.3, -0.25) is 20.0 Å². The molecule has 0 atom stereocenters. The van der Waals surface area contributed by atoms with E-state index in [1.807, 2.05) is 0 Å². The summed E-state index contributed by atoms with van der Waals surface area (Å²) < 4.78 is 18.2. The maximum absolute atomic E-state index is 13.7. The molecule has 0 amide bonds. The number of hydrogen-bond donors (Lipinski definition) is 1. The van der Waals surface area contributed by atoms with E-state index < -0.39 is 39.3 Å². The van der Waals surface area contributed by atoms with Crippen molar-refractivity contribution in [3.05, 3.63) is 69.2 Å². The third-order valence-electron chi connectivity index (χ3n) is 3.83. The summed E-state index contributed by atoms with van der Waals surface area (Å²) in [5.41, 5.74) is -0.490. The molecule has 132 valence electrons. The van der Waals surface area contributed by atoms with Crippen LogP contribution in [0.25, 0.3) is 10.9 Å². The van der Waals surface area contributed by atoms with Gasteiger partial charge in [-0.15, -0.1) is 0 Å². The number of aromatic amines is 1. The molecule has 0 fully saturated rings. The van der Waals surface area contributed by atoms with Crippen molar-refractivity contribution in [3.8, 4) is 0 Å². The van der Waals surface area contributed by atoms with Gasteiger partial charge in [0.15, 0.2) is 5.78 Å². The molecule has 0 saturated heterocycles. The van der Waals surface area contributed by atoms with Crippen molar-refractivity contribution in [1.29, 1.82) is 0 Å². The molecule has 1 aromatic heterocycles. The molecule has 1 heterocycles. The third-order valence-corrected chi connectivity index (χ3v) is 3.83. The fraction of sp³-hybridized carbons (Fsp3) is 0.118. The van der Waals surface area contributed by atoms with Gasteiger partial charge in [0, 0.05) is 11.8 Å². The molecule has 0 aliphatic heterocycles. The highest BCUT2D eigenvalue weighted by Gasteiger charge is 2.29. The zero-order valence-electron chi connectivity index (χ0n) is 13.5. The number of nitro benzene ring substituents is 1. The van der Waals surface area contributed by atoms with E-state index in [1.165, 1.54) is 0 Å². The van der Waals surface area contributed by atoms with E-state index >= 15 is 0 Å². The van der Waals surface area contributed by atoms with E-state index in [-0.39, 0.29) is 6.42 Å². The standard InChI is InChI=1S/C17H12FN3O5/c1-26-17(23)12-6-11(18)7-14(21(24)25)16(12)15(22)5-9-2-3-10-8-19-20-13(10)4-9/h2-4,6-8H,5H2,1H3,(H,19,20). The number of hydrogen-bond acceptors (Lipinski definition) is 6. The van der Waals surface area contributed by atoms with Crippen LogP contribution in [0.4, 0.5) is 10.1 Å². The summed E-state index contributed by atoms with van der Waals surface area (Å²) in [6.45, 7) is 0. The number of ether oxygens (including phenoxy) is 1. The average molecular weight is 357 g/mol. The van der Waals surface area contributed by atoms with Crippen LogP contribution in [-0.2, 0) is 11.2 Å². The number of nitro groups is 1. The number of halogens is 1. The Hall–Kier alpha value is -3.62. The largest absolute Gasteiger partial charge is 0.465 e. The highest BCUT2D eigenvalue weighted by atomic mass is 19.1. The summed E-state index contributed by atoms with van der Waals surface area (Å²) in [6.07, 6.45) is 1.40. The lowest BCUT2D eigenvalue weighted by molar-refractivity contribution is -0.385. The van der Waals surface area contributed by atoms with Crippen LogP contribution < -0.4 is 0 Å². The van der Waals surface area contributed by atoms with E-state index in [2.05, 4.69) is 14.9 Å². The zero-order chi connectivity index (χ0) is 18.8. The van der Waals surface area contributed by atoms with Crippen LogP contribution in [0.2, 0.25) is 0 Å². The first-order valence-corrected chi connectivity index (χ1v) is 7.42. The van der Waals surface area contributed by atoms with Gasteiger partial charge in [-0.25, -0.2) is 9.18 Å². The number of rotatable bonds is 5. The molecule has 3 rings (SSSR count). The van der Waals surface area contributed by atoms with Gasteiger partial charge in [0.05, 0.1) is 35.4 Å². The number of fused-ring (bicyclic) bond motifs is 1. The van der Waals surface area contributed by atoms with E-state index in [0.29, 0.717) is 17.1 Å². The first-order valence-electron chi connectivity index (χ1n) is 7.42. The van der Waals surface area contributed by atoms with Crippen LogP contribution >= 0.6 is 0 Å². The van der Waals surface area contributed by atoms with Gasteiger partial charge in [0.2, 0.25) is 0 Å². The molecular formula is C17H12FN3O5. The Morgan fingerprint density at radius 1 is 1.31 bits per heavy atom. The molecule has 0 bridgehead atoms. The topological polar surface area (TPSA) is 115 Å². The predicted molar refractivity (Wildman–Crippen MR) is 88.5 cm³/mol. The molecular weight excluding hydrogens is 345 g/mol. The summed E-state index contributed by atoms with van der Waals surface area (Å²) in [5, 5.41) is 18.7. The van der Waals surface area contributed by atoms with Crippen LogP contribution in [0.5, 0.6) is 0 Å². The Morgan fingerprint density at radius 2 is 2.08 bits per heavy atom. The highest BCUT2D eigenvalue weighted by molar-refractivity contribution is 6.10. The van der Waals surface area contributed by atoms with Crippen molar-refractivity contribution in [2.75, 3.05) is 7.11 Å². The van der Waals surface area contributed by atoms with Gasteiger partial charge in [0.1, 0.15) is 11.4 Å². The van der Waals surface area contributed by atoms with Crippen LogP contribution in [-0.4, -0.2) is 34.0 Å². The minimum absolute atomic E-state index is 0.217. The quantitative estimate of drug-likeness (QED) is 0.325. The average Bonchev–Trinajstić information content (AvgIpc) is 3.07. The van der Waals surface area contributed by atoms with E-state index in [4.69, 9.17) is 0 Å². The first kappa shape index (κ1) is 17.2. The zero-order valence-corrected chi connectivity index (χ0v) is 13.5. The monoisotopic (exact) mass is 357 g/mol. The second-order valence-corrected chi connectivity index (χ2v) is 5.49. The Kier molecular flexibility index (Phi) is 4.44. The number of Topliss-reactive ketones (excluding diaryl/α,β-unsaturated/α-hetero) is 1. The number of methoxy groups -OCH3 is 1. The summed E-state index contributed by atoms with van der Waals surface area (Å²) in [6, 6.07) is 6.44. The number of carbonyl (C=O) groups excluding carboxylic acids is 2. The molecule has 0 saturated carbocycles. The summed E-state index contributed by atoms with van der Waals surface area (Å²) in [4.78, 5) is 34.9. The maximum atomic E-state index is 13.7. The van der Waals surface area contributed by atoms with Crippen LogP contribution in [0.15, 0.2) is 36.5 Å². The minimum Gasteiger partial charge on any atom is -0.465 e. The van der Waals surface area contributed by atoms with Crippen LogP contribution in [0.1, 0.15) is 26.3 Å². The molecule has 0 aliphatic rings. The minimum atomic E-state index is -1.03. The maximum Gasteiger partial charge on any atom is 0.338 e. The summed E-state index contributed by atoms with van der Waals surface area (Å²) >= 11 is 0. The molecule has 0 spiro atoms. The molecule has 0 aliphatic carbocycles. The van der Waals surface area contributed by atoms with Gasteiger partial charge in [0.25, 0.3) is 5.69 Å². The SMILES string of the molecule is COC(=O)c1cc(F)cc([N+](=O)[O-])c1C(=O)Cc1ccc2cn[nH]c2c1. The van der Waals surface area contributed by atoms with Crippen molar-refractivity contribution >= 4 is 28.3 Å². The fourth-order valence-electron chi connectivity index (χ4n) is 2.67. The van der Waals surface area contributed by atoms with E-state index in [9.17, 15) is 24.1 Å². The molecule has 26 heavy (non-hydrogen) atoms. The molecule has 0 unspecified atom stereocenters. The van der Waals surface area contributed by atoms with Crippen molar-refractivity contribution in [2.24, 2.45) is 0 Å². The number of esters is 1. The van der Waals surface area contributed by atoms with E-state index in [1.54, 1.807) is 24.4 Å². The molecule has 8 nitrogen and oxygen atoms in total. The van der Waals surface area contributed by atoms with Crippen LogP contribution in [0, 0.1) is 15.9 Å². The Balaban J connectivity index is 2.06. The molecule has 2 aromatic carbocycles. The van der Waals surface area contributed by atoms with E-state index in [0.717, 1.165) is 18.6 Å². The predicted octanol–water partition coefficient (Wildman–Crippen LogP) is 2.82. The molecule has 9 heteroatoms. The molecule has 0 radical (unpaired) electrons. The van der Waals surface area contributed by atoms with Gasteiger partial charge >= 0.3 is 5.97 Å². The lowest BCUT2D eigenvalue weighted by Gasteiger charge is -2.09. The van der Waals surface area contributed by atoms with Gasteiger partial charge in [-0.05, 0) is 17.7 Å². The Bertz CT molecular complexity index is 1040. The number of benzene rings is 2. The summed E-state index contributed by atoms with van der Waals surface area (Å²) in [7, 11) is 1.04. The number of carbonyl (C=O) groups is 2. The van der Waals surface area contributed by atoms with Crippen molar-refractivity contribution < 1.29 is 23.6 Å². The number of ketones is 1. The third kappa shape index (κ3) is 3.14. The van der Waals surface area contributed by atoms with Crippen molar-refractivity contribution in [2.45, 2.75) is 6.42 Å². The fourth-order valence-corrected chi connectivity index (χ4v) is 2.67. The Labute approximate surface area is 145 Å². The Morgan fingerprint density at radius 3 is 2.77 bits per heavy atom. The number of nitrogens with zero attached hydrogens (tertiary/aromatic N) is 2.